The Labute approximate surface area is 343 Å². The SMILES string of the molecule is O=C(N[C@H]1CCCCC2=C(C2)N=C[C@H]2[C@@H](C(=O)NS(=O)(=O)C3CC3)CC(=O)N2[C@H](Oc2nc3ccccc3nc2-c2nc3ccccc3s2)CCC1=O)c1ccncc1. The topological polar surface area (TPSA) is 203 Å². The van der Waals surface area contributed by atoms with Gasteiger partial charge in [0, 0.05) is 55.6 Å². The molecule has 3 amide bonds. The molecule has 0 bridgehead atoms. The van der Waals surface area contributed by atoms with E-state index < -0.39 is 57.2 Å². The predicted octanol–water partition coefficient (Wildman–Crippen LogP) is 5.28. The van der Waals surface area contributed by atoms with Crippen LogP contribution >= 0.6 is 11.3 Å². The summed E-state index contributed by atoms with van der Waals surface area (Å²) in [5.74, 6) is -3.04. The van der Waals surface area contributed by atoms with Gasteiger partial charge < -0.3 is 10.1 Å². The van der Waals surface area contributed by atoms with Crippen LogP contribution in [0.3, 0.4) is 0 Å². The molecule has 302 valence electrons. The van der Waals surface area contributed by atoms with Crippen LogP contribution in [-0.4, -0.2) is 86.5 Å². The van der Waals surface area contributed by atoms with Crippen molar-refractivity contribution >= 4 is 72.3 Å². The summed E-state index contributed by atoms with van der Waals surface area (Å²) in [7, 11) is -3.93. The average Bonchev–Trinajstić information content (AvgIpc) is 4.16. The summed E-state index contributed by atoms with van der Waals surface area (Å²) in [6, 6.07) is 16.2. The predicted molar refractivity (Wildman–Crippen MR) is 220 cm³/mol. The van der Waals surface area contributed by atoms with Crippen molar-refractivity contribution in [1.82, 2.24) is 34.9 Å². The van der Waals surface area contributed by atoms with Gasteiger partial charge in [-0.1, -0.05) is 30.7 Å². The monoisotopic (exact) mass is 832 g/mol. The minimum absolute atomic E-state index is 0.0561. The van der Waals surface area contributed by atoms with Gasteiger partial charge in [-0.05, 0) is 74.1 Å². The maximum atomic E-state index is 14.3. The van der Waals surface area contributed by atoms with Gasteiger partial charge in [-0.2, -0.15) is 0 Å². The highest BCUT2D eigenvalue weighted by molar-refractivity contribution is 7.90. The fourth-order valence-corrected chi connectivity index (χ4v) is 9.97. The van der Waals surface area contributed by atoms with Crippen molar-refractivity contribution in [3.63, 3.8) is 0 Å². The van der Waals surface area contributed by atoms with Gasteiger partial charge in [-0.15, -0.1) is 11.3 Å². The molecule has 5 heterocycles. The molecule has 2 aromatic carbocycles. The number of ketones is 1. The normalized spacial score (nSPS) is 22.7. The van der Waals surface area contributed by atoms with Crippen LogP contribution < -0.4 is 14.8 Å². The first-order valence-corrected chi connectivity index (χ1v) is 22.1. The number of thiazole rings is 1. The van der Waals surface area contributed by atoms with Crippen LogP contribution in [0.5, 0.6) is 5.88 Å². The maximum Gasteiger partial charge on any atom is 0.251 e. The third-order valence-electron chi connectivity index (χ3n) is 11.1. The Bertz CT molecular complexity index is 2630. The number of aliphatic imine (C=N–C) groups is 1. The van der Waals surface area contributed by atoms with Gasteiger partial charge in [0.25, 0.3) is 5.91 Å². The summed E-state index contributed by atoms with van der Waals surface area (Å²) < 4.78 is 35.9. The van der Waals surface area contributed by atoms with Gasteiger partial charge in [-0.3, -0.25) is 38.8 Å². The lowest BCUT2D eigenvalue weighted by Crippen LogP contribution is -2.50. The van der Waals surface area contributed by atoms with Gasteiger partial charge in [0.1, 0.15) is 5.01 Å². The number of benzene rings is 2. The van der Waals surface area contributed by atoms with Gasteiger partial charge in [0.05, 0.1) is 44.5 Å². The Balaban J connectivity index is 1.11. The zero-order valence-electron chi connectivity index (χ0n) is 31.8. The highest BCUT2D eigenvalue weighted by Crippen LogP contribution is 2.39. The number of nitrogens with zero attached hydrogens (tertiary/aromatic N) is 6. The lowest BCUT2D eigenvalue weighted by atomic mass is 9.99. The molecule has 4 aliphatic rings. The molecule has 9 rings (SSSR count). The lowest BCUT2D eigenvalue weighted by molar-refractivity contribution is -0.137. The minimum atomic E-state index is -3.93. The molecule has 15 nitrogen and oxygen atoms in total. The smallest absolute Gasteiger partial charge is 0.251 e. The number of sulfonamides is 1. The number of carbonyl (C=O) groups is 4. The third-order valence-corrected chi connectivity index (χ3v) is 14.0. The molecular weight excluding hydrogens is 793 g/mol. The summed E-state index contributed by atoms with van der Waals surface area (Å²) in [5, 5.41) is 2.80. The molecule has 17 heteroatoms. The van der Waals surface area contributed by atoms with E-state index in [2.05, 4.69) is 15.0 Å². The van der Waals surface area contributed by atoms with Crippen molar-refractivity contribution in [3.05, 3.63) is 89.9 Å². The zero-order chi connectivity index (χ0) is 40.7. The summed E-state index contributed by atoms with van der Waals surface area (Å²) >= 11 is 1.40. The molecule has 2 aliphatic heterocycles. The number of fused-ring (bicyclic) bond motifs is 3. The van der Waals surface area contributed by atoms with Crippen molar-refractivity contribution < 1.29 is 32.3 Å². The van der Waals surface area contributed by atoms with Crippen LogP contribution in [0.15, 0.2) is 89.3 Å². The Hall–Kier alpha value is -5.94. The van der Waals surface area contributed by atoms with Crippen LogP contribution in [0.2, 0.25) is 0 Å². The molecule has 0 radical (unpaired) electrons. The quantitative estimate of drug-likeness (QED) is 0.206. The summed E-state index contributed by atoms with van der Waals surface area (Å²) in [6.45, 7) is 0. The molecule has 0 unspecified atom stereocenters. The number of nitrogens with one attached hydrogen (secondary N) is 2. The zero-order valence-corrected chi connectivity index (χ0v) is 33.5. The number of pyridine rings is 1. The van der Waals surface area contributed by atoms with E-state index in [1.807, 2.05) is 42.5 Å². The number of hydrogen-bond acceptors (Lipinski definition) is 13. The number of rotatable bonds is 8. The molecule has 1 saturated heterocycles. The molecule has 2 aliphatic carbocycles. The Morgan fingerprint density at radius 2 is 1.59 bits per heavy atom. The highest BCUT2D eigenvalue weighted by atomic mass is 32.2. The standard InChI is InChI=1S/C42H40N8O7S2/c51-34-15-16-37(57-41-38(45-28-8-3-4-9-29(28)47-41)42-48-31-11-5-6-12-35(31)58-42)50-33(27(22-36(50)52)40(54)49-59(55,56)26-13-14-26)23-44-32-21-25(32)7-1-2-10-30(34)46-39(53)24-17-19-43-20-18-24/h3-6,8-9,11-12,17-20,23,26-27,30,33,37H,1-2,7,10,13-16,21-22H2,(H,46,53)(H,49,54)/t27-,30-,33-,37+/m0/s1. The second-order valence-corrected chi connectivity index (χ2v) is 18.2. The van der Waals surface area contributed by atoms with Gasteiger partial charge >= 0.3 is 0 Å². The molecule has 2 fully saturated rings. The van der Waals surface area contributed by atoms with Crippen LogP contribution in [0.25, 0.3) is 32.0 Å². The van der Waals surface area contributed by atoms with E-state index in [0.717, 1.165) is 34.3 Å². The Kier molecular flexibility index (Phi) is 10.5. The number of hydrogen-bond donors (Lipinski definition) is 2. The van der Waals surface area contributed by atoms with Crippen LogP contribution in [0, 0.1) is 5.92 Å². The van der Waals surface area contributed by atoms with Gasteiger partial charge in [0.15, 0.2) is 17.7 Å². The van der Waals surface area contributed by atoms with E-state index in [9.17, 15) is 27.6 Å². The number of para-hydroxylation sites is 3. The van der Waals surface area contributed by atoms with Crippen LogP contribution in [0.1, 0.15) is 74.6 Å². The highest BCUT2D eigenvalue weighted by Gasteiger charge is 2.49. The van der Waals surface area contributed by atoms with E-state index >= 15 is 0 Å². The second kappa shape index (κ2) is 16.0. The minimum Gasteiger partial charge on any atom is -0.452 e. The van der Waals surface area contributed by atoms with Crippen LogP contribution in [0.4, 0.5) is 0 Å². The molecule has 3 aromatic heterocycles. The maximum absolute atomic E-state index is 14.3. The van der Waals surface area contributed by atoms with Crippen molar-refractivity contribution in [2.45, 2.75) is 87.8 Å². The molecule has 0 spiro atoms. The molecule has 4 atom stereocenters. The van der Waals surface area contributed by atoms with E-state index in [1.165, 1.54) is 34.8 Å². The summed E-state index contributed by atoms with van der Waals surface area (Å²) in [4.78, 5) is 80.5. The van der Waals surface area contributed by atoms with E-state index in [0.29, 0.717) is 59.4 Å². The largest absolute Gasteiger partial charge is 0.452 e. The number of amides is 3. The Morgan fingerprint density at radius 1 is 0.847 bits per heavy atom. The summed E-state index contributed by atoms with van der Waals surface area (Å²) in [5.41, 5.74) is 4.49. The molecule has 1 saturated carbocycles. The fourth-order valence-electron chi connectivity index (χ4n) is 7.67. The Morgan fingerprint density at radius 3 is 2.36 bits per heavy atom. The van der Waals surface area contributed by atoms with E-state index in [4.69, 9.17) is 24.7 Å². The number of Topliss-reactive ketones (excluding diaryl/α,β-unsaturated/α-hetero) is 1. The third kappa shape index (κ3) is 8.34. The van der Waals surface area contributed by atoms with Gasteiger partial charge in [-0.25, -0.2) is 23.4 Å². The molecule has 59 heavy (non-hydrogen) atoms. The van der Waals surface area contributed by atoms with Crippen LogP contribution in [-0.2, 0) is 24.4 Å². The number of aromatic nitrogens is 4. The number of carbonyl (C=O) groups excluding carboxylic acids is 4. The lowest BCUT2D eigenvalue weighted by Gasteiger charge is -2.33. The average molecular weight is 833 g/mol. The molecule has 2 N–H and O–H groups in total. The fraction of sp³-hybridized carbons (Fsp3) is 0.357. The van der Waals surface area contributed by atoms with Crippen molar-refractivity contribution in [3.8, 4) is 16.6 Å². The number of ether oxygens (including phenoxy) is 1. The van der Waals surface area contributed by atoms with Crippen molar-refractivity contribution in [1.29, 1.82) is 0 Å². The first kappa shape index (κ1) is 38.6. The summed E-state index contributed by atoms with van der Waals surface area (Å²) in [6.07, 6.45) is 6.97. The van der Waals surface area contributed by atoms with Crippen molar-refractivity contribution in [2.24, 2.45) is 10.9 Å². The second-order valence-electron chi connectivity index (χ2n) is 15.3. The molecule has 5 aromatic rings. The first-order chi connectivity index (χ1) is 28.6. The van der Waals surface area contributed by atoms with Gasteiger partial charge in [0.2, 0.25) is 27.7 Å². The number of allylic oxidation sites excluding steroid dienone is 2. The van der Waals surface area contributed by atoms with E-state index in [1.54, 1.807) is 18.2 Å². The van der Waals surface area contributed by atoms with E-state index in [-0.39, 0.29) is 30.9 Å². The van der Waals surface area contributed by atoms with Crippen molar-refractivity contribution in [2.75, 3.05) is 0 Å². The molecular formula is C42H40N8O7S2. The first-order valence-electron chi connectivity index (χ1n) is 19.8.